The van der Waals surface area contributed by atoms with Crippen molar-refractivity contribution in [2.45, 2.75) is 6.92 Å². The summed E-state index contributed by atoms with van der Waals surface area (Å²) in [6, 6.07) is 7.73. The maximum absolute atomic E-state index is 11.3. The smallest absolute Gasteiger partial charge is 0.331 e. The van der Waals surface area contributed by atoms with Crippen LogP contribution in [0.3, 0.4) is 0 Å². The molecule has 0 radical (unpaired) electrons. The average molecular weight is 310 g/mol. The van der Waals surface area contributed by atoms with Crippen molar-refractivity contribution in [1.29, 1.82) is 0 Å². The first-order valence-corrected chi connectivity index (χ1v) is 6.45. The molecule has 96 valence electrons. The number of hydrogen-bond acceptors (Lipinski definition) is 3. The minimum atomic E-state index is -0.349. The van der Waals surface area contributed by atoms with E-state index in [4.69, 9.17) is 4.74 Å². The number of anilines is 1. The number of ether oxygens (including phenoxy) is 1. The molecule has 0 saturated heterocycles. The normalized spacial score (nSPS) is 10.9. The van der Waals surface area contributed by atoms with Gasteiger partial charge in [0.1, 0.15) is 0 Å². The van der Waals surface area contributed by atoms with Gasteiger partial charge in [0.2, 0.25) is 0 Å². The van der Waals surface area contributed by atoms with E-state index in [1.165, 1.54) is 6.08 Å². The Morgan fingerprint density at radius 1 is 1.44 bits per heavy atom. The van der Waals surface area contributed by atoms with Crippen LogP contribution >= 0.6 is 15.9 Å². The van der Waals surface area contributed by atoms with Crippen molar-refractivity contribution in [3.05, 3.63) is 48.6 Å². The van der Waals surface area contributed by atoms with E-state index in [1.54, 1.807) is 13.0 Å². The van der Waals surface area contributed by atoms with Crippen molar-refractivity contribution in [2.75, 3.05) is 18.5 Å². The first-order chi connectivity index (χ1) is 8.67. The Morgan fingerprint density at radius 3 is 2.67 bits per heavy atom. The monoisotopic (exact) mass is 309 g/mol. The molecule has 1 aromatic carbocycles. The van der Waals surface area contributed by atoms with Crippen LogP contribution < -0.4 is 5.32 Å². The molecule has 0 spiro atoms. The minimum absolute atomic E-state index is 0.349. The summed E-state index contributed by atoms with van der Waals surface area (Å²) >= 11 is 3.36. The van der Waals surface area contributed by atoms with Crippen LogP contribution in [0.5, 0.6) is 0 Å². The van der Waals surface area contributed by atoms with Crippen LogP contribution in [-0.4, -0.2) is 19.1 Å². The quantitative estimate of drug-likeness (QED) is 0.496. The zero-order valence-electron chi connectivity index (χ0n) is 10.3. The lowest BCUT2D eigenvalue weighted by atomic mass is 10.2. The van der Waals surface area contributed by atoms with E-state index in [1.807, 2.05) is 24.3 Å². The molecule has 0 aliphatic carbocycles. The van der Waals surface area contributed by atoms with E-state index < -0.39 is 0 Å². The van der Waals surface area contributed by atoms with Crippen LogP contribution in [0.25, 0.3) is 4.48 Å². The van der Waals surface area contributed by atoms with E-state index >= 15 is 0 Å². The van der Waals surface area contributed by atoms with Gasteiger partial charge in [-0.1, -0.05) is 18.2 Å². The van der Waals surface area contributed by atoms with Crippen LogP contribution in [0.1, 0.15) is 12.5 Å². The summed E-state index contributed by atoms with van der Waals surface area (Å²) in [5.74, 6) is -0.349. The molecule has 1 rings (SSSR count). The van der Waals surface area contributed by atoms with Crippen molar-refractivity contribution < 1.29 is 9.53 Å². The van der Waals surface area contributed by atoms with Gasteiger partial charge in [-0.3, -0.25) is 0 Å². The molecule has 18 heavy (non-hydrogen) atoms. The van der Waals surface area contributed by atoms with Crippen molar-refractivity contribution in [3.63, 3.8) is 0 Å². The molecule has 3 nitrogen and oxygen atoms in total. The Morgan fingerprint density at radius 2 is 2.11 bits per heavy atom. The third kappa shape index (κ3) is 4.75. The fraction of sp³-hybridized carbons (Fsp3) is 0.214. The van der Waals surface area contributed by atoms with Crippen molar-refractivity contribution in [1.82, 2.24) is 0 Å². The number of rotatable bonds is 6. The summed E-state index contributed by atoms with van der Waals surface area (Å²) < 4.78 is 5.55. The molecule has 0 atom stereocenters. The average Bonchev–Trinajstić information content (AvgIpc) is 2.37. The molecule has 0 aromatic heterocycles. The first-order valence-electron chi connectivity index (χ1n) is 5.66. The van der Waals surface area contributed by atoms with Gasteiger partial charge in [-0.15, -0.1) is 6.58 Å². The number of esters is 1. The van der Waals surface area contributed by atoms with Crippen LogP contribution in [0.2, 0.25) is 0 Å². The van der Waals surface area contributed by atoms with E-state index in [9.17, 15) is 4.79 Å². The fourth-order valence-electron chi connectivity index (χ4n) is 1.31. The largest absolute Gasteiger partial charge is 0.463 e. The van der Waals surface area contributed by atoms with E-state index in [-0.39, 0.29) is 5.97 Å². The second-order valence-electron chi connectivity index (χ2n) is 3.49. The van der Waals surface area contributed by atoms with E-state index in [0.717, 1.165) is 17.8 Å². The van der Waals surface area contributed by atoms with Gasteiger partial charge >= 0.3 is 5.97 Å². The van der Waals surface area contributed by atoms with Crippen LogP contribution in [0, 0.1) is 0 Å². The first kappa shape index (κ1) is 14.5. The maximum Gasteiger partial charge on any atom is 0.331 e. The Labute approximate surface area is 116 Å². The Hall–Kier alpha value is -1.55. The topological polar surface area (TPSA) is 38.3 Å². The van der Waals surface area contributed by atoms with Crippen molar-refractivity contribution >= 4 is 32.1 Å². The molecular weight excluding hydrogens is 294 g/mol. The SMILES string of the molecule is C=CCNc1ccc(/C(Br)=C/C(=O)OCC)cc1. The van der Waals surface area contributed by atoms with Crippen LogP contribution in [0.4, 0.5) is 5.69 Å². The predicted molar refractivity (Wildman–Crippen MR) is 78.7 cm³/mol. The van der Waals surface area contributed by atoms with Crippen molar-refractivity contribution in [3.8, 4) is 0 Å². The number of carbonyl (C=O) groups is 1. The molecular formula is C14H16BrNO2. The van der Waals surface area contributed by atoms with Gasteiger partial charge in [0.15, 0.2) is 0 Å². The zero-order valence-corrected chi connectivity index (χ0v) is 11.9. The lowest BCUT2D eigenvalue weighted by molar-refractivity contribution is -0.137. The number of hydrogen-bond donors (Lipinski definition) is 1. The molecule has 0 bridgehead atoms. The van der Waals surface area contributed by atoms with Gasteiger partial charge in [-0.05, 0) is 40.5 Å². The highest BCUT2D eigenvalue weighted by molar-refractivity contribution is 9.15. The molecule has 0 saturated carbocycles. The minimum Gasteiger partial charge on any atom is -0.463 e. The fourth-order valence-corrected chi connectivity index (χ4v) is 1.76. The van der Waals surface area contributed by atoms with Crippen LogP contribution in [0.15, 0.2) is 43.0 Å². The Bertz CT molecular complexity index is 438. The summed E-state index contributed by atoms with van der Waals surface area (Å²) in [5, 5.41) is 3.18. The Balaban J connectivity index is 2.72. The standard InChI is InChI=1S/C14H16BrNO2/c1-3-9-16-12-7-5-11(6-8-12)13(15)10-14(17)18-4-2/h3,5-8,10,16H,1,4,9H2,2H3/b13-10-. The van der Waals surface area contributed by atoms with Gasteiger partial charge in [0.25, 0.3) is 0 Å². The van der Waals surface area contributed by atoms with Gasteiger partial charge < -0.3 is 10.1 Å². The van der Waals surface area contributed by atoms with Gasteiger partial charge in [-0.25, -0.2) is 4.79 Å². The van der Waals surface area contributed by atoms with Gasteiger partial charge in [0.05, 0.1) is 6.61 Å². The lowest BCUT2D eigenvalue weighted by Crippen LogP contribution is -2.00. The molecule has 0 amide bonds. The summed E-state index contributed by atoms with van der Waals surface area (Å²) in [4.78, 5) is 11.3. The predicted octanol–water partition coefficient (Wildman–Crippen LogP) is 3.58. The Kier molecular flexibility index (Phi) is 6.22. The third-order valence-corrected chi connectivity index (χ3v) is 2.83. The van der Waals surface area contributed by atoms with Gasteiger partial charge in [-0.2, -0.15) is 0 Å². The third-order valence-electron chi connectivity index (χ3n) is 2.14. The molecule has 0 fully saturated rings. The van der Waals surface area contributed by atoms with Crippen molar-refractivity contribution in [2.24, 2.45) is 0 Å². The highest BCUT2D eigenvalue weighted by Crippen LogP contribution is 2.22. The highest BCUT2D eigenvalue weighted by atomic mass is 79.9. The summed E-state index contributed by atoms with van der Waals surface area (Å²) in [7, 11) is 0. The van der Waals surface area contributed by atoms with Crippen LogP contribution in [-0.2, 0) is 9.53 Å². The molecule has 0 unspecified atom stereocenters. The summed E-state index contributed by atoms with van der Waals surface area (Å²) in [6.07, 6.45) is 3.22. The molecule has 1 N–H and O–H groups in total. The highest BCUT2D eigenvalue weighted by Gasteiger charge is 2.02. The lowest BCUT2D eigenvalue weighted by Gasteiger charge is -2.05. The zero-order chi connectivity index (χ0) is 13.4. The molecule has 0 heterocycles. The molecule has 0 aliphatic heterocycles. The molecule has 0 aliphatic rings. The van der Waals surface area contributed by atoms with E-state index in [0.29, 0.717) is 11.1 Å². The maximum atomic E-state index is 11.3. The number of nitrogens with one attached hydrogen (secondary N) is 1. The number of carbonyl (C=O) groups excluding carboxylic acids is 1. The summed E-state index contributed by atoms with van der Waals surface area (Å²) in [6.45, 7) is 6.52. The second-order valence-corrected chi connectivity index (χ2v) is 4.35. The van der Waals surface area contributed by atoms with E-state index in [2.05, 4.69) is 27.8 Å². The second kappa shape index (κ2) is 7.71. The summed E-state index contributed by atoms with van der Waals surface area (Å²) in [5.41, 5.74) is 1.93. The molecule has 4 heteroatoms. The number of benzene rings is 1. The van der Waals surface area contributed by atoms with Gasteiger partial charge in [0, 0.05) is 22.8 Å². The number of halogens is 1. The molecule has 1 aromatic rings.